The Morgan fingerprint density at radius 1 is 1.19 bits per heavy atom. The lowest BCUT2D eigenvalue weighted by Gasteiger charge is -2.27. The van der Waals surface area contributed by atoms with Crippen LogP contribution < -0.4 is 5.32 Å². The SMILES string of the molecule is CC(C)CC(C)(O)CNC(=O)c1ccccc1C(C)(C)C. The van der Waals surface area contributed by atoms with Gasteiger partial charge in [-0.1, -0.05) is 52.8 Å². The van der Waals surface area contributed by atoms with Crippen LogP contribution in [0.3, 0.4) is 0 Å². The number of hydrogen-bond donors (Lipinski definition) is 2. The number of amides is 1. The number of rotatable bonds is 5. The van der Waals surface area contributed by atoms with Gasteiger partial charge in [-0.25, -0.2) is 0 Å². The van der Waals surface area contributed by atoms with Crippen molar-refractivity contribution < 1.29 is 9.90 Å². The number of carbonyl (C=O) groups is 1. The highest BCUT2D eigenvalue weighted by Crippen LogP contribution is 2.25. The highest BCUT2D eigenvalue weighted by atomic mass is 16.3. The predicted octanol–water partition coefficient (Wildman–Crippen LogP) is 3.51. The van der Waals surface area contributed by atoms with Crippen molar-refractivity contribution in [2.45, 2.75) is 59.0 Å². The van der Waals surface area contributed by atoms with Crippen molar-refractivity contribution in [2.24, 2.45) is 5.92 Å². The lowest BCUT2D eigenvalue weighted by atomic mass is 9.83. The van der Waals surface area contributed by atoms with Crippen molar-refractivity contribution in [3.8, 4) is 0 Å². The molecule has 118 valence electrons. The van der Waals surface area contributed by atoms with Crippen LogP contribution in [0.5, 0.6) is 0 Å². The molecule has 2 N–H and O–H groups in total. The molecular weight excluding hydrogens is 262 g/mol. The first-order valence-electron chi connectivity index (χ1n) is 7.63. The van der Waals surface area contributed by atoms with Crippen molar-refractivity contribution >= 4 is 5.91 Å². The van der Waals surface area contributed by atoms with Crippen LogP contribution in [0.15, 0.2) is 24.3 Å². The Hall–Kier alpha value is -1.35. The van der Waals surface area contributed by atoms with Crippen molar-refractivity contribution in [2.75, 3.05) is 6.54 Å². The van der Waals surface area contributed by atoms with E-state index in [2.05, 4.69) is 39.9 Å². The average molecular weight is 291 g/mol. The van der Waals surface area contributed by atoms with E-state index in [0.29, 0.717) is 17.9 Å². The van der Waals surface area contributed by atoms with Gasteiger partial charge in [-0.05, 0) is 36.3 Å². The minimum Gasteiger partial charge on any atom is -0.388 e. The van der Waals surface area contributed by atoms with Gasteiger partial charge >= 0.3 is 0 Å². The zero-order valence-electron chi connectivity index (χ0n) is 14.2. The maximum atomic E-state index is 12.4. The molecule has 1 aromatic carbocycles. The summed E-state index contributed by atoms with van der Waals surface area (Å²) in [4.78, 5) is 12.4. The number of nitrogens with one attached hydrogen (secondary N) is 1. The summed E-state index contributed by atoms with van der Waals surface area (Å²) in [5.74, 6) is 0.267. The molecule has 0 aliphatic rings. The highest BCUT2D eigenvalue weighted by molar-refractivity contribution is 5.96. The van der Waals surface area contributed by atoms with E-state index < -0.39 is 5.60 Å². The molecule has 0 fully saturated rings. The first-order chi connectivity index (χ1) is 9.53. The third-order valence-electron chi connectivity index (χ3n) is 3.46. The number of benzene rings is 1. The minimum absolute atomic E-state index is 0.0889. The maximum absolute atomic E-state index is 12.4. The molecule has 0 aromatic heterocycles. The van der Waals surface area contributed by atoms with Crippen LogP contribution in [0.1, 0.15) is 63.9 Å². The Bertz CT molecular complexity index is 484. The Labute approximate surface area is 128 Å². The van der Waals surface area contributed by atoms with Gasteiger partial charge in [0, 0.05) is 12.1 Å². The van der Waals surface area contributed by atoms with E-state index in [1.165, 1.54) is 0 Å². The van der Waals surface area contributed by atoms with Gasteiger partial charge in [-0.15, -0.1) is 0 Å². The maximum Gasteiger partial charge on any atom is 0.251 e. The molecule has 0 saturated heterocycles. The van der Waals surface area contributed by atoms with E-state index in [9.17, 15) is 9.90 Å². The average Bonchev–Trinajstić information content (AvgIpc) is 2.33. The molecule has 1 atom stereocenters. The van der Waals surface area contributed by atoms with Crippen LogP contribution in [0.25, 0.3) is 0 Å². The van der Waals surface area contributed by atoms with Gasteiger partial charge in [-0.3, -0.25) is 4.79 Å². The molecular formula is C18H29NO2. The summed E-state index contributed by atoms with van der Waals surface area (Å²) < 4.78 is 0. The number of carbonyl (C=O) groups excluding carboxylic acids is 1. The number of hydrogen-bond acceptors (Lipinski definition) is 2. The predicted molar refractivity (Wildman–Crippen MR) is 87.6 cm³/mol. The second-order valence-electron chi connectivity index (χ2n) is 7.57. The molecule has 1 amide bonds. The quantitative estimate of drug-likeness (QED) is 0.872. The molecule has 0 spiro atoms. The summed E-state index contributed by atoms with van der Waals surface area (Å²) in [5, 5.41) is 13.2. The van der Waals surface area contributed by atoms with Gasteiger partial charge in [0.15, 0.2) is 0 Å². The number of aliphatic hydroxyl groups is 1. The standard InChI is InChI=1S/C18H29NO2/c1-13(2)11-18(6,21)12-19-16(20)14-9-7-8-10-15(14)17(3,4)5/h7-10,13,21H,11-12H2,1-6H3,(H,19,20). The monoisotopic (exact) mass is 291 g/mol. The van der Waals surface area contributed by atoms with E-state index in [1.807, 2.05) is 24.3 Å². The summed E-state index contributed by atoms with van der Waals surface area (Å²) in [6, 6.07) is 7.65. The van der Waals surface area contributed by atoms with Crippen LogP contribution in [0.4, 0.5) is 0 Å². The second kappa shape index (κ2) is 6.61. The van der Waals surface area contributed by atoms with E-state index >= 15 is 0 Å². The van der Waals surface area contributed by atoms with Crippen LogP contribution in [-0.2, 0) is 5.41 Å². The molecule has 1 aromatic rings. The molecule has 1 unspecified atom stereocenters. The molecule has 0 aliphatic carbocycles. The molecule has 0 saturated carbocycles. The van der Waals surface area contributed by atoms with Gasteiger partial charge in [0.2, 0.25) is 0 Å². The Balaban J connectivity index is 2.82. The van der Waals surface area contributed by atoms with Crippen LogP contribution >= 0.6 is 0 Å². The lowest BCUT2D eigenvalue weighted by Crippen LogP contribution is -2.42. The van der Waals surface area contributed by atoms with Gasteiger partial charge < -0.3 is 10.4 Å². The molecule has 0 aliphatic heterocycles. The van der Waals surface area contributed by atoms with E-state index in [0.717, 1.165) is 5.56 Å². The smallest absolute Gasteiger partial charge is 0.251 e. The molecule has 1 rings (SSSR count). The van der Waals surface area contributed by atoms with Crippen LogP contribution in [0, 0.1) is 5.92 Å². The fraction of sp³-hybridized carbons (Fsp3) is 0.611. The summed E-state index contributed by atoms with van der Waals surface area (Å²) in [5.41, 5.74) is 0.742. The third-order valence-corrected chi connectivity index (χ3v) is 3.46. The van der Waals surface area contributed by atoms with Gasteiger partial charge in [-0.2, -0.15) is 0 Å². The summed E-state index contributed by atoms with van der Waals surface area (Å²) in [6.07, 6.45) is 0.661. The molecule has 0 radical (unpaired) electrons. The lowest BCUT2D eigenvalue weighted by molar-refractivity contribution is 0.0368. The van der Waals surface area contributed by atoms with Crippen molar-refractivity contribution in [3.63, 3.8) is 0 Å². The summed E-state index contributed by atoms with van der Waals surface area (Å²) >= 11 is 0. The first kappa shape index (κ1) is 17.7. The van der Waals surface area contributed by atoms with E-state index in [4.69, 9.17) is 0 Å². The topological polar surface area (TPSA) is 49.3 Å². The molecule has 0 bridgehead atoms. The largest absolute Gasteiger partial charge is 0.388 e. The van der Waals surface area contributed by atoms with Crippen LogP contribution in [0.2, 0.25) is 0 Å². The van der Waals surface area contributed by atoms with E-state index in [-0.39, 0.29) is 17.9 Å². The van der Waals surface area contributed by atoms with Gasteiger partial charge in [0.05, 0.1) is 5.60 Å². The van der Waals surface area contributed by atoms with Gasteiger partial charge in [0.25, 0.3) is 5.91 Å². The van der Waals surface area contributed by atoms with Crippen LogP contribution in [-0.4, -0.2) is 23.2 Å². The summed E-state index contributed by atoms with van der Waals surface area (Å²) in [6.45, 7) is 12.4. The Morgan fingerprint density at radius 3 is 2.29 bits per heavy atom. The van der Waals surface area contributed by atoms with Crippen molar-refractivity contribution in [3.05, 3.63) is 35.4 Å². The Kier molecular flexibility index (Phi) is 5.57. The summed E-state index contributed by atoms with van der Waals surface area (Å²) in [7, 11) is 0. The molecule has 3 heteroatoms. The third kappa shape index (κ3) is 5.50. The van der Waals surface area contributed by atoms with Crippen molar-refractivity contribution in [1.29, 1.82) is 0 Å². The van der Waals surface area contributed by atoms with Gasteiger partial charge in [0.1, 0.15) is 0 Å². The fourth-order valence-corrected chi connectivity index (χ4v) is 2.65. The molecule has 3 nitrogen and oxygen atoms in total. The van der Waals surface area contributed by atoms with Crippen molar-refractivity contribution in [1.82, 2.24) is 5.32 Å². The van der Waals surface area contributed by atoms with E-state index in [1.54, 1.807) is 6.92 Å². The minimum atomic E-state index is -0.875. The normalized spacial score (nSPS) is 14.9. The Morgan fingerprint density at radius 2 is 1.76 bits per heavy atom. The molecule has 21 heavy (non-hydrogen) atoms. The first-order valence-corrected chi connectivity index (χ1v) is 7.63. The zero-order chi connectivity index (χ0) is 16.3. The molecule has 0 heterocycles. The zero-order valence-corrected chi connectivity index (χ0v) is 14.2. The second-order valence-corrected chi connectivity index (χ2v) is 7.57. The highest BCUT2D eigenvalue weighted by Gasteiger charge is 2.25. The fourth-order valence-electron chi connectivity index (χ4n) is 2.65.